The predicted molar refractivity (Wildman–Crippen MR) is 114 cm³/mol. The number of rotatable bonds is 4. The van der Waals surface area contributed by atoms with Crippen LogP contribution in [-0.4, -0.2) is 9.97 Å². The van der Waals surface area contributed by atoms with E-state index in [1.807, 2.05) is 36.8 Å². The summed E-state index contributed by atoms with van der Waals surface area (Å²) >= 11 is 0. The van der Waals surface area contributed by atoms with Crippen molar-refractivity contribution in [2.24, 2.45) is 0 Å². The quantitative estimate of drug-likeness (QED) is 0.415. The first-order chi connectivity index (χ1) is 13.2. The molecule has 0 saturated carbocycles. The zero-order valence-corrected chi connectivity index (χ0v) is 15.6. The molecule has 2 heterocycles. The Balaban J connectivity index is 1.79. The molecule has 0 amide bonds. The lowest BCUT2D eigenvalue weighted by atomic mass is 9.93. The van der Waals surface area contributed by atoms with E-state index < -0.39 is 0 Å². The largest absolute Gasteiger partial charge is 0.265 e. The minimum absolute atomic E-state index is 0.475. The third-order valence-electron chi connectivity index (χ3n) is 4.77. The van der Waals surface area contributed by atoms with Crippen LogP contribution >= 0.6 is 0 Å². The van der Waals surface area contributed by atoms with Crippen LogP contribution in [0.5, 0.6) is 0 Å². The van der Waals surface area contributed by atoms with Crippen molar-refractivity contribution in [3.05, 3.63) is 95.9 Å². The Morgan fingerprint density at radius 3 is 2.41 bits per heavy atom. The third-order valence-corrected chi connectivity index (χ3v) is 4.77. The van der Waals surface area contributed by atoms with Gasteiger partial charge >= 0.3 is 0 Å². The molecule has 0 fully saturated rings. The third kappa shape index (κ3) is 3.80. The topological polar surface area (TPSA) is 25.8 Å². The minimum Gasteiger partial charge on any atom is -0.265 e. The predicted octanol–water partition coefficient (Wildman–Crippen LogP) is 6.59. The highest BCUT2D eigenvalue weighted by Gasteiger charge is 2.10. The lowest BCUT2D eigenvalue weighted by Gasteiger charge is -2.12. The SMILES string of the molecule is CC(C)c1cc(-c2cccc(/C=C\c3ccncc3)c2)c2ncccc2c1. The van der Waals surface area contributed by atoms with Crippen LogP contribution in [-0.2, 0) is 0 Å². The second-order valence-electron chi connectivity index (χ2n) is 7.04. The summed E-state index contributed by atoms with van der Waals surface area (Å²) in [7, 11) is 0. The molecular formula is C25H22N2. The fraction of sp³-hybridized carbons (Fsp3) is 0.120. The minimum atomic E-state index is 0.475. The second-order valence-corrected chi connectivity index (χ2v) is 7.04. The van der Waals surface area contributed by atoms with Crippen LogP contribution in [0, 0.1) is 0 Å². The van der Waals surface area contributed by atoms with E-state index in [0.29, 0.717) is 5.92 Å². The van der Waals surface area contributed by atoms with E-state index in [9.17, 15) is 0 Å². The number of aromatic nitrogens is 2. The fourth-order valence-corrected chi connectivity index (χ4v) is 3.25. The van der Waals surface area contributed by atoms with Gasteiger partial charge in [0.2, 0.25) is 0 Å². The number of nitrogens with zero attached hydrogens (tertiary/aromatic N) is 2. The molecule has 132 valence electrons. The summed E-state index contributed by atoms with van der Waals surface area (Å²) in [6.07, 6.45) is 9.74. The van der Waals surface area contributed by atoms with Crippen molar-refractivity contribution in [3.8, 4) is 11.1 Å². The maximum absolute atomic E-state index is 4.66. The van der Waals surface area contributed by atoms with Gasteiger partial charge in [0.15, 0.2) is 0 Å². The molecule has 0 atom stereocenters. The lowest BCUT2D eigenvalue weighted by Crippen LogP contribution is -1.92. The summed E-state index contributed by atoms with van der Waals surface area (Å²) in [5, 5.41) is 1.19. The monoisotopic (exact) mass is 350 g/mol. The van der Waals surface area contributed by atoms with Gasteiger partial charge in [0.05, 0.1) is 5.52 Å². The Morgan fingerprint density at radius 1 is 0.778 bits per heavy atom. The van der Waals surface area contributed by atoms with Gasteiger partial charge < -0.3 is 0 Å². The highest BCUT2D eigenvalue weighted by atomic mass is 14.6. The van der Waals surface area contributed by atoms with Crippen molar-refractivity contribution >= 4 is 23.1 Å². The molecule has 2 aromatic carbocycles. The van der Waals surface area contributed by atoms with Crippen molar-refractivity contribution in [1.29, 1.82) is 0 Å². The molecule has 27 heavy (non-hydrogen) atoms. The summed E-state index contributed by atoms with van der Waals surface area (Å²) in [5.41, 5.74) is 7.09. The first kappa shape index (κ1) is 17.2. The second kappa shape index (κ2) is 7.55. The zero-order valence-electron chi connectivity index (χ0n) is 15.6. The summed E-state index contributed by atoms with van der Waals surface area (Å²) in [4.78, 5) is 8.72. The van der Waals surface area contributed by atoms with Crippen LogP contribution < -0.4 is 0 Å². The van der Waals surface area contributed by atoms with Crippen molar-refractivity contribution in [2.45, 2.75) is 19.8 Å². The summed E-state index contributed by atoms with van der Waals surface area (Å²) < 4.78 is 0. The van der Waals surface area contributed by atoms with E-state index in [4.69, 9.17) is 0 Å². The van der Waals surface area contributed by atoms with Gasteiger partial charge in [-0.2, -0.15) is 0 Å². The molecule has 2 nitrogen and oxygen atoms in total. The number of pyridine rings is 2. The molecule has 0 aliphatic carbocycles. The highest BCUT2D eigenvalue weighted by molar-refractivity contribution is 5.94. The molecule has 2 aromatic heterocycles. The van der Waals surface area contributed by atoms with Gasteiger partial charge in [-0.05, 0) is 64.6 Å². The van der Waals surface area contributed by atoms with Crippen LogP contribution in [0.1, 0.15) is 36.5 Å². The van der Waals surface area contributed by atoms with Crippen molar-refractivity contribution in [3.63, 3.8) is 0 Å². The summed E-state index contributed by atoms with van der Waals surface area (Å²) in [5.74, 6) is 0.475. The Hall–Kier alpha value is -3.26. The molecule has 0 N–H and O–H groups in total. The first-order valence-corrected chi connectivity index (χ1v) is 9.28. The molecular weight excluding hydrogens is 328 g/mol. The Morgan fingerprint density at radius 2 is 1.59 bits per heavy atom. The Bertz CT molecular complexity index is 1100. The number of hydrogen-bond donors (Lipinski definition) is 0. The molecule has 0 radical (unpaired) electrons. The van der Waals surface area contributed by atoms with E-state index in [-0.39, 0.29) is 0 Å². The average molecular weight is 350 g/mol. The van der Waals surface area contributed by atoms with E-state index in [0.717, 1.165) is 11.1 Å². The maximum atomic E-state index is 4.66. The number of fused-ring (bicyclic) bond motifs is 1. The molecule has 0 spiro atoms. The first-order valence-electron chi connectivity index (χ1n) is 9.28. The van der Waals surface area contributed by atoms with Gasteiger partial charge in [0.25, 0.3) is 0 Å². The molecule has 4 aromatic rings. The molecule has 0 saturated heterocycles. The van der Waals surface area contributed by atoms with Crippen LogP contribution in [0.2, 0.25) is 0 Å². The smallest absolute Gasteiger partial charge is 0.0780 e. The van der Waals surface area contributed by atoms with Gasteiger partial charge in [-0.3, -0.25) is 9.97 Å². The van der Waals surface area contributed by atoms with Crippen LogP contribution in [0.4, 0.5) is 0 Å². The maximum Gasteiger partial charge on any atom is 0.0780 e. The molecule has 0 aliphatic rings. The van der Waals surface area contributed by atoms with Gasteiger partial charge in [-0.15, -0.1) is 0 Å². The van der Waals surface area contributed by atoms with E-state index in [1.165, 1.54) is 27.6 Å². The lowest BCUT2D eigenvalue weighted by molar-refractivity contribution is 0.869. The molecule has 0 unspecified atom stereocenters. The van der Waals surface area contributed by atoms with Gasteiger partial charge in [-0.1, -0.05) is 50.3 Å². The van der Waals surface area contributed by atoms with Gasteiger partial charge in [-0.25, -0.2) is 0 Å². The van der Waals surface area contributed by atoms with Crippen molar-refractivity contribution in [2.75, 3.05) is 0 Å². The van der Waals surface area contributed by atoms with Crippen molar-refractivity contribution in [1.82, 2.24) is 9.97 Å². The standard InChI is InChI=1S/C25H22N2/c1-18(2)23-16-22-7-4-12-27-25(22)24(17-23)21-6-3-5-20(15-21)9-8-19-10-13-26-14-11-19/h3-18H,1-2H3/b9-8-. The Labute approximate surface area is 160 Å². The molecule has 2 heteroatoms. The van der Waals surface area contributed by atoms with E-state index in [1.54, 1.807) is 0 Å². The molecule has 0 bridgehead atoms. The van der Waals surface area contributed by atoms with Gasteiger partial charge in [0.1, 0.15) is 0 Å². The summed E-state index contributed by atoms with van der Waals surface area (Å²) in [6.45, 7) is 4.46. The number of benzene rings is 2. The fourth-order valence-electron chi connectivity index (χ4n) is 3.25. The van der Waals surface area contributed by atoms with Crippen LogP contribution in [0.25, 0.3) is 34.2 Å². The molecule has 4 rings (SSSR count). The van der Waals surface area contributed by atoms with E-state index in [2.05, 4.69) is 78.4 Å². The highest BCUT2D eigenvalue weighted by Crippen LogP contribution is 2.32. The normalized spacial score (nSPS) is 11.5. The van der Waals surface area contributed by atoms with Gasteiger partial charge in [0, 0.05) is 29.5 Å². The Kier molecular flexibility index (Phi) is 4.80. The molecule has 0 aliphatic heterocycles. The summed E-state index contributed by atoms with van der Waals surface area (Å²) in [6, 6.07) is 21.3. The van der Waals surface area contributed by atoms with Crippen LogP contribution in [0.3, 0.4) is 0 Å². The average Bonchev–Trinajstić information content (AvgIpc) is 2.72. The van der Waals surface area contributed by atoms with E-state index >= 15 is 0 Å². The van der Waals surface area contributed by atoms with Crippen molar-refractivity contribution < 1.29 is 0 Å². The zero-order chi connectivity index (χ0) is 18.6. The number of hydrogen-bond acceptors (Lipinski definition) is 2. The van der Waals surface area contributed by atoms with Crippen LogP contribution in [0.15, 0.2) is 79.3 Å².